The van der Waals surface area contributed by atoms with Crippen molar-refractivity contribution in [1.29, 1.82) is 0 Å². The summed E-state index contributed by atoms with van der Waals surface area (Å²) in [6, 6.07) is 10.3. The van der Waals surface area contributed by atoms with Crippen molar-refractivity contribution < 1.29 is 4.42 Å². The Balaban J connectivity index is 0. The molecule has 0 aliphatic rings. The molecule has 1 nitrogen and oxygen atoms in total. The number of furan rings is 1. The molecule has 0 bridgehead atoms. The molecular formula is C16H27IO. The van der Waals surface area contributed by atoms with Gasteiger partial charge in [0.2, 0.25) is 0 Å². The van der Waals surface area contributed by atoms with E-state index in [2.05, 4.69) is 26.0 Å². The van der Waals surface area contributed by atoms with Crippen LogP contribution in [0.2, 0.25) is 0 Å². The number of fused-ring (bicyclic) bond motifs is 1. The fourth-order valence-corrected chi connectivity index (χ4v) is 1.45. The van der Waals surface area contributed by atoms with E-state index in [0.717, 1.165) is 17.8 Å². The van der Waals surface area contributed by atoms with Gasteiger partial charge in [-0.15, -0.1) is 24.0 Å². The first-order valence-electron chi connectivity index (χ1n) is 6.79. The van der Waals surface area contributed by atoms with Crippen molar-refractivity contribution in [2.75, 3.05) is 0 Å². The van der Waals surface area contributed by atoms with Crippen molar-refractivity contribution in [3.05, 3.63) is 36.1 Å². The largest absolute Gasteiger partial charge is 0.461 e. The summed E-state index contributed by atoms with van der Waals surface area (Å²) in [5.41, 5.74) is 0.998. The Morgan fingerprint density at radius 3 is 2.11 bits per heavy atom. The molecule has 0 N–H and O–H groups in total. The summed E-state index contributed by atoms with van der Waals surface area (Å²) in [6.45, 7) is 12.4. The van der Waals surface area contributed by atoms with Crippen LogP contribution in [0.3, 0.4) is 0 Å². The minimum Gasteiger partial charge on any atom is -0.461 e. The van der Waals surface area contributed by atoms with Crippen molar-refractivity contribution >= 4 is 34.9 Å². The predicted octanol–water partition coefficient (Wildman–Crippen LogP) is 6.62. The molecule has 104 valence electrons. The lowest BCUT2D eigenvalue weighted by molar-refractivity contribution is 0.499. The maximum atomic E-state index is 5.72. The second-order valence-corrected chi connectivity index (χ2v) is 3.50. The lowest BCUT2D eigenvalue weighted by Crippen LogP contribution is -1.86. The Bertz CT molecular complexity index is 373. The summed E-state index contributed by atoms with van der Waals surface area (Å²) in [5.74, 6) is 1.62. The second-order valence-electron chi connectivity index (χ2n) is 3.50. The van der Waals surface area contributed by atoms with Crippen LogP contribution in [0.25, 0.3) is 11.0 Å². The van der Waals surface area contributed by atoms with E-state index in [1.807, 2.05) is 45.9 Å². The van der Waals surface area contributed by atoms with Crippen LogP contribution in [0.4, 0.5) is 0 Å². The summed E-state index contributed by atoms with van der Waals surface area (Å²) in [7, 11) is 0. The van der Waals surface area contributed by atoms with Crippen LogP contribution in [0.5, 0.6) is 0 Å². The highest BCUT2D eigenvalue weighted by molar-refractivity contribution is 14.0. The average molecular weight is 362 g/mol. The zero-order valence-corrected chi connectivity index (χ0v) is 14.8. The normalized spacial score (nSPS) is 10.3. The van der Waals surface area contributed by atoms with Gasteiger partial charge in [-0.1, -0.05) is 59.7 Å². The number of hydrogen-bond donors (Lipinski definition) is 0. The average Bonchev–Trinajstić information content (AvgIpc) is 2.86. The molecule has 1 atom stereocenters. The van der Waals surface area contributed by atoms with E-state index in [4.69, 9.17) is 4.42 Å². The molecule has 0 saturated heterocycles. The zero-order chi connectivity index (χ0) is 13.3. The van der Waals surface area contributed by atoms with E-state index < -0.39 is 0 Å². The van der Waals surface area contributed by atoms with Crippen LogP contribution in [-0.4, -0.2) is 0 Å². The number of rotatable bonds is 2. The first-order valence-corrected chi connectivity index (χ1v) is 6.79. The fourth-order valence-electron chi connectivity index (χ4n) is 1.45. The standard InChI is InChI=1S/C12H14O.2C2H6.HI/c1-3-9(2)12-8-10-6-4-5-7-11(10)13-12;2*1-2;/h4-9H,3H2,1-2H3;2*1-2H3;1H. The maximum absolute atomic E-state index is 5.72. The third kappa shape index (κ3) is 5.42. The van der Waals surface area contributed by atoms with Gasteiger partial charge >= 0.3 is 0 Å². The molecule has 0 aliphatic heterocycles. The Kier molecular flexibility index (Phi) is 12.7. The zero-order valence-electron chi connectivity index (χ0n) is 12.5. The monoisotopic (exact) mass is 362 g/mol. The van der Waals surface area contributed by atoms with Crippen molar-refractivity contribution in [3.63, 3.8) is 0 Å². The van der Waals surface area contributed by atoms with Gasteiger partial charge in [0, 0.05) is 11.3 Å². The van der Waals surface area contributed by atoms with Gasteiger partial charge in [0.05, 0.1) is 0 Å². The summed E-state index contributed by atoms with van der Waals surface area (Å²) in [5, 5.41) is 1.21. The highest BCUT2D eigenvalue weighted by Gasteiger charge is 2.08. The topological polar surface area (TPSA) is 13.1 Å². The minimum absolute atomic E-state index is 0. The Hall–Kier alpha value is -0.510. The fraction of sp³-hybridized carbons (Fsp3) is 0.500. The van der Waals surface area contributed by atoms with Crippen molar-refractivity contribution in [1.82, 2.24) is 0 Å². The Morgan fingerprint density at radius 2 is 1.61 bits per heavy atom. The molecule has 2 heteroatoms. The van der Waals surface area contributed by atoms with E-state index in [1.165, 1.54) is 5.39 Å². The smallest absolute Gasteiger partial charge is 0.134 e. The molecule has 0 fully saturated rings. The number of hydrogen-bond acceptors (Lipinski definition) is 1. The van der Waals surface area contributed by atoms with Gasteiger partial charge in [0.15, 0.2) is 0 Å². The Labute approximate surface area is 129 Å². The third-order valence-electron chi connectivity index (χ3n) is 2.54. The van der Waals surface area contributed by atoms with E-state index in [1.54, 1.807) is 0 Å². The molecule has 18 heavy (non-hydrogen) atoms. The van der Waals surface area contributed by atoms with Gasteiger partial charge < -0.3 is 4.42 Å². The van der Waals surface area contributed by atoms with Crippen LogP contribution >= 0.6 is 24.0 Å². The van der Waals surface area contributed by atoms with Gasteiger partial charge in [0.1, 0.15) is 11.3 Å². The van der Waals surface area contributed by atoms with Crippen LogP contribution in [0.15, 0.2) is 34.7 Å². The highest BCUT2D eigenvalue weighted by atomic mass is 127. The third-order valence-corrected chi connectivity index (χ3v) is 2.54. The van der Waals surface area contributed by atoms with Gasteiger partial charge in [-0.3, -0.25) is 0 Å². The second kappa shape index (κ2) is 11.6. The molecule has 0 spiro atoms. The lowest BCUT2D eigenvalue weighted by Gasteiger charge is -2.01. The highest BCUT2D eigenvalue weighted by Crippen LogP contribution is 2.26. The summed E-state index contributed by atoms with van der Waals surface area (Å²) in [4.78, 5) is 0. The van der Waals surface area contributed by atoms with E-state index >= 15 is 0 Å². The van der Waals surface area contributed by atoms with Crippen LogP contribution in [0.1, 0.15) is 59.6 Å². The van der Waals surface area contributed by atoms with Crippen LogP contribution in [0, 0.1) is 0 Å². The van der Waals surface area contributed by atoms with Crippen LogP contribution < -0.4 is 0 Å². The molecule has 1 aromatic carbocycles. The molecule has 0 saturated carbocycles. The minimum atomic E-state index is 0. The first-order chi connectivity index (χ1) is 8.31. The molecule has 0 amide bonds. The summed E-state index contributed by atoms with van der Waals surface area (Å²) in [6.07, 6.45) is 1.12. The van der Waals surface area contributed by atoms with Gasteiger partial charge in [-0.2, -0.15) is 0 Å². The molecule has 2 rings (SSSR count). The molecule has 1 heterocycles. The van der Waals surface area contributed by atoms with Crippen LogP contribution in [-0.2, 0) is 0 Å². The van der Waals surface area contributed by atoms with E-state index in [0.29, 0.717) is 5.92 Å². The van der Waals surface area contributed by atoms with Gasteiger partial charge in [0.25, 0.3) is 0 Å². The number of halogens is 1. The van der Waals surface area contributed by atoms with Crippen molar-refractivity contribution in [3.8, 4) is 0 Å². The molecule has 0 radical (unpaired) electrons. The van der Waals surface area contributed by atoms with Gasteiger partial charge in [-0.25, -0.2) is 0 Å². The summed E-state index contributed by atoms with van der Waals surface area (Å²) >= 11 is 0. The van der Waals surface area contributed by atoms with Crippen molar-refractivity contribution in [2.45, 2.75) is 53.9 Å². The molecular weight excluding hydrogens is 335 g/mol. The number of benzene rings is 1. The van der Waals surface area contributed by atoms with E-state index in [-0.39, 0.29) is 24.0 Å². The predicted molar refractivity (Wildman–Crippen MR) is 93.0 cm³/mol. The molecule has 2 aromatic rings. The first kappa shape index (κ1) is 19.8. The molecule has 0 aliphatic carbocycles. The van der Waals surface area contributed by atoms with Crippen molar-refractivity contribution in [2.24, 2.45) is 0 Å². The lowest BCUT2D eigenvalue weighted by atomic mass is 10.1. The SMILES string of the molecule is CC.CC.CCC(C)c1cc2ccccc2o1.I. The maximum Gasteiger partial charge on any atom is 0.134 e. The van der Waals surface area contributed by atoms with E-state index in [9.17, 15) is 0 Å². The molecule has 1 unspecified atom stereocenters. The number of para-hydroxylation sites is 1. The molecule has 1 aromatic heterocycles. The summed E-state index contributed by atoms with van der Waals surface area (Å²) < 4.78 is 5.72. The Morgan fingerprint density at radius 1 is 1.06 bits per heavy atom. The quantitative estimate of drug-likeness (QED) is 0.548. The van der Waals surface area contributed by atoms with Gasteiger partial charge in [-0.05, 0) is 18.6 Å².